The van der Waals surface area contributed by atoms with Gasteiger partial charge in [-0.3, -0.25) is 4.79 Å². The van der Waals surface area contributed by atoms with Crippen molar-refractivity contribution in [1.29, 1.82) is 0 Å². The van der Waals surface area contributed by atoms with Crippen molar-refractivity contribution in [2.24, 2.45) is 7.05 Å². The van der Waals surface area contributed by atoms with Crippen molar-refractivity contribution in [3.63, 3.8) is 0 Å². The van der Waals surface area contributed by atoms with Crippen LogP contribution in [0.4, 0.5) is 10.2 Å². The lowest BCUT2D eigenvalue weighted by Gasteiger charge is -2.21. The number of amides is 1. The highest BCUT2D eigenvalue weighted by Gasteiger charge is 2.17. The quantitative estimate of drug-likeness (QED) is 0.487. The van der Waals surface area contributed by atoms with Crippen LogP contribution < -0.4 is 10.2 Å². The van der Waals surface area contributed by atoms with Gasteiger partial charge >= 0.3 is 0 Å². The number of pyridine rings is 1. The van der Waals surface area contributed by atoms with E-state index in [4.69, 9.17) is 4.98 Å². The molecule has 0 radical (unpaired) electrons. The summed E-state index contributed by atoms with van der Waals surface area (Å²) in [4.78, 5) is 28.1. The molecular weight excluding hydrogens is 433 g/mol. The SMILES string of the molecule is Cn1nc(-c2cnc(C(=O)NCc3cccc(F)c3)nc2)c2ccc(N3CCCCCC3)nc21. The number of hydrogen-bond donors (Lipinski definition) is 1. The molecule has 4 aromatic rings. The molecule has 0 saturated carbocycles. The van der Waals surface area contributed by atoms with E-state index in [0.29, 0.717) is 11.1 Å². The molecule has 8 nitrogen and oxygen atoms in total. The molecule has 0 aliphatic carbocycles. The second-order valence-corrected chi connectivity index (χ2v) is 8.52. The Labute approximate surface area is 196 Å². The van der Waals surface area contributed by atoms with Gasteiger partial charge in [0.1, 0.15) is 17.3 Å². The third kappa shape index (κ3) is 4.59. The molecular formula is C25H26FN7O. The Morgan fingerprint density at radius 1 is 1.06 bits per heavy atom. The van der Waals surface area contributed by atoms with Crippen LogP contribution in [0.1, 0.15) is 41.9 Å². The smallest absolute Gasteiger partial charge is 0.289 e. The van der Waals surface area contributed by atoms with Crippen LogP contribution in [0.25, 0.3) is 22.3 Å². The van der Waals surface area contributed by atoms with E-state index >= 15 is 0 Å². The van der Waals surface area contributed by atoms with Gasteiger partial charge < -0.3 is 10.2 Å². The number of carbonyl (C=O) groups excluding carboxylic acids is 1. The summed E-state index contributed by atoms with van der Waals surface area (Å²) < 4.78 is 15.1. The van der Waals surface area contributed by atoms with E-state index in [0.717, 1.165) is 35.6 Å². The van der Waals surface area contributed by atoms with Crippen LogP contribution >= 0.6 is 0 Å². The summed E-state index contributed by atoms with van der Waals surface area (Å²) in [6, 6.07) is 10.2. The maximum Gasteiger partial charge on any atom is 0.289 e. The maximum atomic E-state index is 13.3. The second kappa shape index (κ2) is 9.54. The summed E-state index contributed by atoms with van der Waals surface area (Å²) in [5.74, 6) is 0.251. The number of fused-ring (bicyclic) bond motifs is 1. The van der Waals surface area contributed by atoms with Gasteiger partial charge in [0, 0.05) is 50.0 Å². The molecule has 0 unspecified atom stereocenters. The van der Waals surface area contributed by atoms with Gasteiger partial charge in [-0.25, -0.2) is 24.0 Å². The van der Waals surface area contributed by atoms with Crippen LogP contribution in [0.3, 0.4) is 0 Å². The first-order valence-electron chi connectivity index (χ1n) is 11.5. The molecule has 0 atom stereocenters. The Hall–Kier alpha value is -3.88. The minimum absolute atomic E-state index is 0.0435. The molecule has 0 spiro atoms. The molecule has 1 amide bonds. The van der Waals surface area contributed by atoms with Crippen LogP contribution in [0.15, 0.2) is 48.8 Å². The first kappa shape index (κ1) is 21.9. The lowest BCUT2D eigenvalue weighted by molar-refractivity contribution is 0.0940. The number of halogens is 1. The Bertz CT molecular complexity index is 1310. The Morgan fingerprint density at radius 3 is 2.56 bits per heavy atom. The summed E-state index contributed by atoms with van der Waals surface area (Å²) >= 11 is 0. The van der Waals surface area contributed by atoms with Crippen molar-refractivity contribution < 1.29 is 9.18 Å². The van der Waals surface area contributed by atoms with Crippen molar-refractivity contribution in [2.75, 3.05) is 18.0 Å². The zero-order valence-electron chi connectivity index (χ0n) is 19.0. The third-order valence-electron chi connectivity index (χ3n) is 6.07. The summed E-state index contributed by atoms with van der Waals surface area (Å²) in [5, 5.41) is 8.27. The molecule has 1 N–H and O–H groups in total. The first-order chi connectivity index (χ1) is 16.6. The molecule has 34 heavy (non-hydrogen) atoms. The predicted molar refractivity (Wildman–Crippen MR) is 128 cm³/mol. The molecule has 1 saturated heterocycles. The number of rotatable bonds is 5. The van der Waals surface area contributed by atoms with Crippen molar-refractivity contribution >= 4 is 22.8 Å². The maximum absolute atomic E-state index is 13.3. The van der Waals surface area contributed by atoms with Crippen LogP contribution in [-0.4, -0.2) is 43.7 Å². The van der Waals surface area contributed by atoms with Crippen molar-refractivity contribution in [2.45, 2.75) is 32.2 Å². The zero-order valence-corrected chi connectivity index (χ0v) is 19.0. The number of aromatic nitrogens is 5. The Kier molecular flexibility index (Phi) is 6.16. The normalized spacial score (nSPS) is 14.2. The van der Waals surface area contributed by atoms with E-state index < -0.39 is 5.91 Å². The first-order valence-corrected chi connectivity index (χ1v) is 11.5. The molecule has 4 heterocycles. The van der Waals surface area contributed by atoms with Gasteiger partial charge in [-0.15, -0.1) is 0 Å². The fraction of sp³-hybridized carbons (Fsp3) is 0.320. The van der Waals surface area contributed by atoms with Gasteiger partial charge in [0.25, 0.3) is 5.91 Å². The van der Waals surface area contributed by atoms with Crippen molar-refractivity contribution in [3.8, 4) is 11.3 Å². The van der Waals surface area contributed by atoms with Gasteiger partial charge in [-0.05, 0) is 42.7 Å². The van der Waals surface area contributed by atoms with E-state index in [1.54, 1.807) is 29.2 Å². The summed E-state index contributed by atoms with van der Waals surface area (Å²) in [7, 11) is 1.88. The topological polar surface area (TPSA) is 88.8 Å². The largest absolute Gasteiger partial charge is 0.357 e. The summed E-state index contributed by atoms with van der Waals surface area (Å²) in [5.41, 5.74) is 2.89. The summed E-state index contributed by atoms with van der Waals surface area (Å²) in [6.45, 7) is 2.25. The number of aryl methyl sites for hydroxylation is 1. The number of anilines is 1. The Morgan fingerprint density at radius 2 is 1.82 bits per heavy atom. The molecule has 1 fully saturated rings. The molecule has 3 aromatic heterocycles. The van der Waals surface area contributed by atoms with E-state index in [-0.39, 0.29) is 18.2 Å². The predicted octanol–water partition coefficient (Wildman–Crippen LogP) is 3.87. The number of nitrogens with one attached hydrogen (secondary N) is 1. The minimum Gasteiger partial charge on any atom is -0.357 e. The minimum atomic E-state index is -0.426. The average molecular weight is 460 g/mol. The fourth-order valence-corrected chi connectivity index (χ4v) is 4.29. The zero-order chi connectivity index (χ0) is 23.5. The van der Waals surface area contributed by atoms with Gasteiger partial charge in [0.2, 0.25) is 5.82 Å². The van der Waals surface area contributed by atoms with Gasteiger partial charge in [0.05, 0.1) is 0 Å². The molecule has 0 bridgehead atoms. The molecule has 5 rings (SSSR count). The van der Waals surface area contributed by atoms with Gasteiger partial charge in [-0.1, -0.05) is 25.0 Å². The van der Waals surface area contributed by atoms with E-state index in [2.05, 4.69) is 25.3 Å². The number of hydrogen-bond acceptors (Lipinski definition) is 6. The highest BCUT2D eigenvalue weighted by molar-refractivity contribution is 5.93. The summed E-state index contributed by atoms with van der Waals surface area (Å²) in [6.07, 6.45) is 8.11. The highest BCUT2D eigenvalue weighted by atomic mass is 19.1. The molecule has 1 aromatic carbocycles. The fourth-order valence-electron chi connectivity index (χ4n) is 4.29. The van der Waals surface area contributed by atoms with E-state index in [9.17, 15) is 9.18 Å². The van der Waals surface area contributed by atoms with Crippen LogP contribution in [0.2, 0.25) is 0 Å². The highest BCUT2D eigenvalue weighted by Crippen LogP contribution is 2.28. The van der Waals surface area contributed by atoms with Crippen LogP contribution in [-0.2, 0) is 13.6 Å². The lowest BCUT2D eigenvalue weighted by atomic mass is 10.1. The Balaban J connectivity index is 1.33. The van der Waals surface area contributed by atoms with E-state index in [1.807, 2.05) is 19.2 Å². The monoisotopic (exact) mass is 459 g/mol. The van der Waals surface area contributed by atoms with Crippen molar-refractivity contribution in [3.05, 3.63) is 66.0 Å². The number of nitrogens with zero attached hydrogens (tertiary/aromatic N) is 6. The van der Waals surface area contributed by atoms with Crippen LogP contribution in [0, 0.1) is 5.82 Å². The van der Waals surface area contributed by atoms with Crippen molar-refractivity contribution in [1.82, 2.24) is 30.0 Å². The van der Waals surface area contributed by atoms with Gasteiger partial charge in [0.15, 0.2) is 5.65 Å². The molecule has 174 valence electrons. The van der Waals surface area contributed by atoms with Crippen LogP contribution in [0.5, 0.6) is 0 Å². The van der Waals surface area contributed by atoms with Gasteiger partial charge in [-0.2, -0.15) is 5.10 Å². The molecule has 1 aliphatic rings. The number of carbonyl (C=O) groups is 1. The molecule has 1 aliphatic heterocycles. The standard InChI is InChI=1S/C25H26FN7O/c1-32-24-20(9-10-21(30-24)33-11-4-2-3-5-12-33)22(31-32)18-15-27-23(28-16-18)25(34)29-14-17-7-6-8-19(26)13-17/h6-10,13,15-16H,2-5,11-12,14H2,1H3,(H,29,34). The number of benzene rings is 1. The third-order valence-corrected chi connectivity index (χ3v) is 6.07. The average Bonchev–Trinajstić information content (AvgIpc) is 3.02. The van der Waals surface area contributed by atoms with E-state index in [1.165, 1.54) is 37.8 Å². The second-order valence-electron chi connectivity index (χ2n) is 8.52. The molecule has 9 heteroatoms. The lowest BCUT2D eigenvalue weighted by Crippen LogP contribution is -2.24.